The lowest BCUT2D eigenvalue weighted by Gasteiger charge is -2.28. The van der Waals surface area contributed by atoms with Gasteiger partial charge in [0.2, 0.25) is 0 Å². The number of carbonyl (C=O) groups is 1. The van der Waals surface area contributed by atoms with E-state index >= 15 is 0 Å². The van der Waals surface area contributed by atoms with E-state index < -0.39 is 11.1 Å². The molecule has 15 heavy (non-hydrogen) atoms. The van der Waals surface area contributed by atoms with Crippen LogP contribution in [0.25, 0.3) is 0 Å². The average molecular weight is 213 g/mol. The van der Waals surface area contributed by atoms with E-state index in [9.17, 15) is 4.79 Å². The van der Waals surface area contributed by atoms with Crippen LogP contribution in [0.3, 0.4) is 0 Å². The van der Waals surface area contributed by atoms with Gasteiger partial charge in [0.25, 0.3) is 0 Å². The summed E-state index contributed by atoms with van der Waals surface area (Å²) in [6, 6.07) is 0. The van der Waals surface area contributed by atoms with E-state index in [4.69, 9.17) is 4.74 Å². The summed E-state index contributed by atoms with van der Waals surface area (Å²) in [4.78, 5) is 15.8. The molecule has 0 bridgehead atoms. The van der Waals surface area contributed by atoms with Crippen LogP contribution in [0.4, 0.5) is 0 Å². The van der Waals surface area contributed by atoms with E-state index in [2.05, 4.69) is 18.6 Å². The molecule has 0 fully saturated rings. The smallest absolute Gasteiger partial charge is 0.334 e. The quantitative estimate of drug-likeness (QED) is 0.520. The van der Waals surface area contributed by atoms with Crippen molar-refractivity contribution in [1.29, 1.82) is 0 Å². The molecule has 0 unspecified atom stereocenters. The fraction of sp³-hybridized carbons (Fsp3) is 0.833. The first-order chi connectivity index (χ1) is 6.75. The lowest BCUT2D eigenvalue weighted by atomic mass is 9.95. The summed E-state index contributed by atoms with van der Waals surface area (Å²) < 4.78 is 5.32. The molecule has 0 aliphatic rings. The first-order valence-electron chi connectivity index (χ1n) is 5.46. The van der Waals surface area contributed by atoms with Crippen molar-refractivity contribution in [3.8, 4) is 0 Å². The Balaban J connectivity index is 4.51. The van der Waals surface area contributed by atoms with Gasteiger partial charge in [0.1, 0.15) is 5.60 Å². The van der Waals surface area contributed by atoms with E-state index in [-0.39, 0.29) is 5.97 Å². The molecule has 88 valence electrons. The van der Waals surface area contributed by atoms with Gasteiger partial charge in [0.15, 0.2) is 5.54 Å². The molecule has 0 amide bonds. The molecule has 0 saturated carbocycles. The highest BCUT2D eigenvalue weighted by Gasteiger charge is 2.35. The minimum absolute atomic E-state index is 0.279. The van der Waals surface area contributed by atoms with Crippen LogP contribution < -0.4 is 0 Å². The van der Waals surface area contributed by atoms with Gasteiger partial charge in [-0.25, -0.2) is 4.79 Å². The Morgan fingerprint density at radius 2 is 1.87 bits per heavy atom. The van der Waals surface area contributed by atoms with Crippen LogP contribution in [0.5, 0.6) is 0 Å². The molecule has 0 radical (unpaired) electrons. The molecule has 1 atom stereocenters. The highest BCUT2D eigenvalue weighted by atomic mass is 16.6. The van der Waals surface area contributed by atoms with Crippen LogP contribution in [0.15, 0.2) is 4.99 Å². The van der Waals surface area contributed by atoms with Gasteiger partial charge in [-0.3, -0.25) is 4.99 Å². The Morgan fingerprint density at radius 3 is 2.20 bits per heavy atom. The Bertz CT molecular complexity index is 230. The molecular weight excluding hydrogens is 190 g/mol. The summed E-state index contributed by atoms with van der Waals surface area (Å²) in [6.45, 7) is 12.9. The van der Waals surface area contributed by atoms with Crippen molar-refractivity contribution in [2.45, 2.75) is 65.0 Å². The zero-order valence-corrected chi connectivity index (χ0v) is 10.6. The molecule has 0 aliphatic heterocycles. The van der Waals surface area contributed by atoms with E-state index in [1.54, 1.807) is 6.92 Å². The van der Waals surface area contributed by atoms with Gasteiger partial charge < -0.3 is 4.74 Å². The molecular formula is C12H23NO2. The van der Waals surface area contributed by atoms with Crippen molar-refractivity contribution >= 4 is 12.7 Å². The number of hydrogen-bond donors (Lipinski definition) is 0. The van der Waals surface area contributed by atoms with Gasteiger partial charge >= 0.3 is 5.97 Å². The number of carbonyl (C=O) groups excluding carboxylic acids is 1. The highest BCUT2D eigenvalue weighted by Crippen LogP contribution is 2.23. The van der Waals surface area contributed by atoms with E-state index in [1.165, 1.54) is 0 Å². The zero-order valence-electron chi connectivity index (χ0n) is 10.6. The summed E-state index contributed by atoms with van der Waals surface area (Å²) in [5, 5.41) is 0. The Kier molecular flexibility index (Phi) is 4.98. The molecule has 0 aliphatic carbocycles. The molecule has 0 heterocycles. The number of ether oxygens (including phenoxy) is 1. The topological polar surface area (TPSA) is 38.7 Å². The lowest BCUT2D eigenvalue weighted by Crippen LogP contribution is -2.39. The summed E-state index contributed by atoms with van der Waals surface area (Å²) in [5.74, 6) is -0.279. The fourth-order valence-electron chi connectivity index (χ4n) is 1.15. The van der Waals surface area contributed by atoms with Crippen molar-refractivity contribution in [3.05, 3.63) is 0 Å². The van der Waals surface area contributed by atoms with Crippen LogP contribution in [0.1, 0.15) is 53.9 Å². The number of rotatable bonds is 5. The lowest BCUT2D eigenvalue weighted by molar-refractivity contribution is -0.161. The average Bonchev–Trinajstić information content (AvgIpc) is 2.11. The third kappa shape index (κ3) is 4.96. The van der Waals surface area contributed by atoms with Gasteiger partial charge in [-0.05, 0) is 40.8 Å². The first-order valence-corrected chi connectivity index (χ1v) is 5.46. The monoisotopic (exact) mass is 213 g/mol. The molecule has 0 aromatic heterocycles. The molecule has 0 aromatic carbocycles. The molecule has 0 spiro atoms. The molecule has 0 N–H and O–H groups in total. The standard InChI is InChI=1S/C12H23NO2/c1-7-8-9-12(5,13-6)10(14)15-11(2,3)4/h6-9H2,1-5H3/t12-/m1/s1. The van der Waals surface area contributed by atoms with Crippen LogP contribution in [0, 0.1) is 0 Å². The second kappa shape index (κ2) is 5.29. The highest BCUT2D eigenvalue weighted by molar-refractivity contribution is 5.81. The normalized spacial score (nSPS) is 15.5. The van der Waals surface area contributed by atoms with Gasteiger partial charge in [-0.1, -0.05) is 19.8 Å². The second-order valence-corrected chi connectivity index (χ2v) is 5.04. The zero-order chi connectivity index (χ0) is 12.1. The second-order valence-electron chi connectivity index (χ2n) is 5.04. The predicted molar refractivity (Wildman–Crippen MR) is 63.3 cm³/mol. The SMILES string of the molecule is C=N[C@](C)(CCCC)C(=O)OC(C)(C)C. The van der Waals surface area contributed by atoms with E-state index in [0.29, 0.717) is 6.42 Å². The van der Waals surface area contributed by atoms with Gasteiger partial charge in [-0.2, -0.15) is 0 Å². The summed E-state index contributed by atoms with van der Waals surface area (Å²) in [6.07, 6.45) is 2.69. The predicted octanol–water partition coefficient (Wildman–Crippen LogP) is 2.98. The van der Waals surface area contributed by atoms with Crippen LogP contribution >= 0.6 is 0 Å². The number of nitrogens with zero attached hydrogens (tertiary/aromatic N) is 1. The molecule has 3 nitrogen and oxygen atoms in total. The summed E-state index contributed by atoms with van der Waals surface area (Å²) in [7, 11) is 0. The van der Waals surface area contributed by atoms with Gasteiger partial charge in [0.05, 0.1) is 0 Å². The number of unbranched alkanes of at least 4 members (excludes halogenated alkanes) is 1. The number of hydrogen-bond acceptors (Lipinski definition) is 3. The Morgan fingerprint density at radius 1 is 1.33 bits per heavy atom. The Hall–Kier alpha value is -0.860. The third-order valence-electron chi connectivity index (χ3n) is 2.20. The van der Waals surface area contributed by atoms with Gasteiger partial charge in [0, 0.05) is 0 Å². The number of esters is 1. The summed E-state index contributed by atoms with van der Waals surface area (Å²) in [5.41, 5.74) is -1.25. The fourth-order valence-corrected chi connectivity index (χ4v) is 1.15. The summed E-state index contributed by atoms with van der Waals surface area (Å²) >= 11 is 0. The number of aliphatic imine (C=N–C) groups is 1. The maximum Gasteiger partial charge on any atom is 0.334 e. The first kappa shape index (κ1) is 14.1. The van der Waals surface area contributed by atoms with Crippen LogP contribution in [-0.2, 0) is 9.53 Å². The minimum Gasteiger partial charge on any atom is -0.458 e. The van der Waals surface area contributed by atoms with Gasteiger partial charge in [-0.15, -0.1) is 0 Å². The minimum atomic E-state index is -0.788. The largest absolute Gasteiger partial charge is 0.458 e. The van der Waals surface area contributed by atoms with E-state index in [1.807, 2.05) is 20.8 Å². The molecule has 3 heteroatoms. The Labute approximate surface area is 92.9 Å². The van der Waals surface area contributed by atoms with Crippen molar-refractivity contribution in [3.63, 3.8) is 0 Å². The maximum atomic E-state index is 11.9. The van der Waals surface area contributed by atoms with Crippen molar-refractivity contribution in [2.24, 2.45) is 4.99 Å². The van der Waals surface area contributed by atoms with Crippen molar-refractivity contribution < 1.29 is 9.53 Å². The van der Waals surface area contributed by atoms with Crippen molar-refractivity contribution in [1.82, 2.24) is 0 Å². The third-order valence-corrected chi connectivity index (χ3v) is 2.20. The molecule has 0 saturated heterocycles. The molecule has 0 rings (SSSR count). The van der Waals surface area contributed by atoms with E-state index in [0.717, 1.165) is 12.8 Å². The van der Waals surface area contributed by atoms with Crippen LogP contribution in [-0.4, -0.2) is 23.8 Å². The van der Waals surface area contributed by atoms with Crippen LogP contribution in [0.2, 0.25) is 0 Å². The maximum absolute atomic E-state index is 11.9. The molecule has 0 aromatic rings. The van der Waals surface area contributed by atoms with Crippen molar-refractivity contribution in [2.75, 3.05) is 0 Å².